The molecule has 0 saturated heterocycles. The lowest BCUT2D eigenvalue weighted by Gasteiger charge is -2.19. The lowest BCUT2D eigenvalue weighted by atomic mass is 10.0. The number of aromatic nitrogens is 2. The summed E-state index contributed by atoms with van der Waals surface area (Å²) in [5.41, 5.74) is 2.87. The van der Waals surface area contributed by atoms with E-state index in [1.54, 1.807) is 26.0 Å². The second kappa shape index (κ2) is 5.92. The molecule has 1 atom stereocenters. The van der Waals surface area contributed by atoms with E-state index in [4.69, 9.17) is 9.47 Å². The largest absolute Gasteiger partial charge is 0.493 e. The minimum atomic E-state index is -0.0576. The topological polar surface area (TPSA) is 76.2 Å². The number of aryl methyl sites for hydroxylation is 1. The van der Waals surface area contributed by atoms with Gasteiger partial charge in [0.2, 0.25) is 5.91 Å². The van der Waals surface area contributed by atoms with E-state index < -0.39 is 0 Å². The van der Waals surface area contributed by atoms with Crippen molar-refractivity contribution < 1.29 is 14.3 Å². The lowest BCUT2D eigenvalue weighted by Crippen LogP contribution is -2.12. The number of benzene rings is 1. The van der Waals surface area contributed by atoms with Gasteiger partial charge >= 0.3 is 0 Å². The van der Waals surface area contributed by atoms with Gasteiger partial charge in [-0.15, -0.1) is 11.8 Å². The quantitative estimate of drug-likeness (QED) is 0.909. The first-order chi connectivity index (χ1) is 10.7. The smallest absolute Gasteiger partial charge is 0.235 e. The molecule has 1 amide bonds. The van der Waals surface area contributed by atoms with Crippen molar-refractivity contribution in [1.82, 2.24) is 10.2 Å². The molecule has 3 rings (SSSR count). The van der Waals surface area contributed by atoms with Gasteiger partial charge in [-0.1, -0.05) is 12.1 Å². The molecule has 1 aliphatic heterocycles. The van der Waals surface area contributed by atoms with Crippen LogP contribution in [-0.4, -0.2) is 36.1 Å². The van der Waals surface area contributed by atoms with E-state index in [2.05, 4.69) is 15.5 Å². The van der Waals surface area contributed by atoms with Crippen LogP contribution in [0.3, 0.4) is 0 Å². The highest BCUT2D eigenvalue weighted by Crippen LogP contribution is 2.47. The molecular formula is C15H17N3O3S. The number of carbonyl (C=O) groups excluding carboxylic acids is 1. The summed E-state index contributed by atoms with van der Waals surface area (Å²) in [6, 6.07) is 5.77. The molecule has 1 aliphatic rings. The normalized spacial score (nSPS) is 17.4. The standard InChI is InChI=1S/C15H17N3O3S/c1-8-12-14(22-7-11(19)16-15(12)18-17-8)9-5-4-6-10(20-2)13(9)21-3/h4-6,14H,7H2,1-3H3,(H2,16,17,18,19)/t14-/m0/s1. The number of nitrogens with one attached hydrogen (secondary N) is 2. The third kappa shape index (κ3) is 2.41. The van der Waals surface area contributed by atoms with Crippen molar-refractivity contribution in [3.63, 3.8) is 0 Å². The zero-order valence-electron chi connectivity index (χ0n) is 12.6. The predicted octanol–water partition coefficient (Wildman–Crippen LogP) is 2.51. The number of nitrogens with zero attached hydrogens (tertiary/aromatic N) is 1. The van der Waals surface area contributed by atoms with Crippen LogP contribution in [0.2, 0.25) is 0 Å². The van der Waals surface area contributed by atoms with Crippen LogP contribution in [0.25, 0.3) is 0 Å². The molecule has 1 aromatic heterocycles. The average Bonchev–Trinajstić information content (AvgIpc) is 2.79. The fraction of sp³-hybridized carbons (Fsp3) is 0.333. The van der Waals surface area contributed by atoms with Crippen LogP contribution in [0.15, 0.2) is 18.2 Å². The third-order valence-electron chi connectivity index (χ3n) is 3.61. The molecule has 0 aliphatic carbocycles. The van der Waals surface area contributed by atoms with Crippen molar-refractivity contribution in [3.8, 4) is 11.5 Å². The number of carbonyl (C=O) groups is 1. The van der Waals surface area contributed by atoms with Gasteiger partial charge in [0.15, 0.2) is 17.3 Å². The first kappa shape index (κ1) is 14.8. The molecule has 0 unspecified atom stereocenters. The maximum Gasteiger partial charge on any atom is 0.235 e. The Balaban J connectivity index is 2.16. The summed E-state index contributed by atoms with van der Waals surface area (Å²) in [5.74, 6) is 2.25. The summed E-state index contributed by atoms with van der Waals surface area (Å²) in [7, 11) is 3.23. The Morgan fingerprint density at radius 1 is 1.32 bits per heavy atom. The minimum absolute atomic E-state index is 0.0536. The molecule has 2 aromatic rings. The summed E-state index contributed by atoms with van der Waals surface area (Å²) < 4.78 is 10.9. The number of thioether (sulfide) groups is 1. The monoisotopic (exact) mass is 319 g/mol. The SMILES string of the molecule is COc1cccc([C@@H]2SCC(=O)Nc3n[nH]c(C)c32)c1OC. The Morgan fingerprint density at radius 3 is 2.86 bits per heavy atom. The molecule has 0 spiro atoms. The van der Waals surface area contributed by atoms with Crippen LogP contribution in [-0.2, 0) is 4.79 Å². The zero-order chi connectivity index (χ0) is 15.7. The van der Waals surface area contributed by atoms with Crippen molar-refractivity contribution >= 4 is 23.5 Å². The Bertz CT molecular complexity index is 714. The maximum absolute atomic E-state index is 11.9. The molecule has 0 radical (unpaired) electrons. The number of amides is 1. The van der Waals surface area contributed by atoms with Gasteiger partial charge in [0, 0.05) is 16.8 Å². The molecule has 0 bridgehead atoms. The minimum Gasteiger partial charge on any atom is -0.493 e. The lowest BCUT2D eigenvalue weighted by molar-refractivity contribution is -0.113. The van der Waals surface area contributed by atoms with E-state index >= 15 is 0 Å². The summed E-state index contributed by atoms with van der Waals surface area (Å²) in [4.78, 5) is 11.9. The number of methoxy groups -OCH3 is 2. The maximum atomic E-state index is 11.9. The molecule has 0 fully saturated rings. The van der Waals surface area contributed by atoms with E-state index in [0.717, 1.165) is 16.8 Å². The van der Waals surface area contributed by atoms with Crippen LogP contribution in [0.1, 0.15) is 22.1 Å². The predicted molar refractivity (Wildman–Crippen MR) is 85.8 cm³/mol. The second-order valence-electron chi connectivity index (χ2n) is 4.93. The van der Waals surface area contributed by atoms with Gasteiger partial charge in [-0.25, -0.2) is 0 Å². The van der Waals surface area contributed by atoms with Crippen molar-refractivity contribution in [1.29, 1.82) is 0 Å². The Labute approximate surface area is 132 Å². The van der Waals surface area contributed by atoms with Gasteiger partial charge in [-0.3, -0.25) is 9.89 Å². The molecule has 7 heteroatoms. The molecule has 2 heterocycles. The van der Waals surface area contributed by atoms with E-state index in [1.807, 2.05) is 25.1 Å². The molecule has 22 heavy (non-hydrogen) atoms. The van der Waals surface area contributed by atoms with Gasteiger partial charge in [-0.2, -0.15) is 5.10 Å². The summed E-state index contributed by atoms with van der Waals surface area (Å²) in [5, 5.41) is 9.92. The van der Waals surface area contributed by atoms with Crippen LogP contribution in [0.4, 0.5) is 5.82 Å². The number of rotatable bonds is 3. The van der Waals surface area contributed by atoms with Crippen molar-refractivity contribution in [3.05, 3.63) is 35.0 Å². The number of hydrogen-bond donors (Lipinski definition) is 2. The van der Waals surface area contributed by atoms with Crippen LogP contribution < -0.4 is 14.8 Å². The molecule has 0 saturated carbocycles. The van der Waals surface area contributed by atoms with E-state index in [0.29, 0.717) is 23.1 Å². The van der Waals surface area contributed by atoms with Crippen LogP contribution >= 0.6 is 11.8 Å². The van der Waals surface area contributed by atoms with Crippen LogP contribution in [0, 0.1) is 6.92 Å². The number of hydrogen-bond acceptors (Lipinski definition) is 5. The number of H-pyrrole nitrogens is 1. The average molecular weight is 319 g/mol. The third-order valence-corrected chi connectivity index (χ3v) is 4.86. The van der Waals surface area contributed by atoms with Gasteiger partial charge in [0.25, 0.3) is 0 Å². The number of ether oxygens (including phenoxy) is 2. The van der Waals surface area contributed by atoms with Crippen molar-refractivity contribution in [2.75, 3.05) is 25.3 Å². The van der Waals surface area contributed by atoms with Crippen LogP contribution in [0.5, 0.6) is 11.5 Å². The fourth-order valence-corrected chi connectivity index (χ4v) is 3.84. The summed E-state index contributed by atoms with van der Waals surface area (Å²) >= 11 is 1.55. The fourth-order valence-electron chi connectivity index (χ4n) is 2.63. The van der Waals surface area contributed by atoms with Gasteiger partial charge in [0.1, 0.15) is 0 Å². The first-order valence-electron chi connectivity index (χ1n) is 6.83. The molecule has 116 valence electrons. The van der Waals surface area contributed by atoms with Gasteiger partial charge in [-0.05, 0) is 13.0 Å². The number of aromatic amines is 1. The highest BCUT2D eigenvalue weighted by molar-refractivity contribution is 8.00. The Hall–Kier alpha value is -2.15. The Kier molecular flexibility index (Phi) is 3.98. The van der Waals surface area contributed by atoms with E-state index in [9.17, 15) is 4.79 Å². The number of para-hydroxylation sites is 1. The molecule has 2 N–H and O–H groups in total. The molecular weight excluding hydrogens is 302 g/mol. The zero-order valence-corrected chi connectivity index (χ0v) is 13.4. The molecule has 1 aromatic carbocycles. The Morgan fingerprint density at radius 2 is 2.14 bits per heavy atom. The van der Waals surface area contributed by atoms with E-state index in [1.165, 1.54) is 0 Å². The number of fused-ring (bicyclic) bond motifs is 1. The highest BCUT2D eigenvalue weighted by Gasteiger charge is 2.30. The van der Waals surface area contributed by atoms with Gasteiger partial charge in [0.05, 0.1) is 25.2 Å². The van der Waals surface area contributed by atoms with Gasteiger partial charge < -0.3 is 14.8 Å². The van der Waals surface area contributed by atoms with Crippen molar-refractivity contribution in [2.45, 2.75) is 12.2 Å². The summed E-state index contributed by atoms with van der Waals surface area (Å²) in [6.45, 7) is 1.95. The molecule has 6 nitrogen and oxygen atoms in total. The number of anilines is 1. The van der Waals surface area contributed by atoms with E-state index in [-0.39, 0.29) is 11.2 Å². The van der Waals surface area contributed by atoms with Crippen molar-refractivity contribution in [2.24, 2.45) is 0 Å². The highest BCUT2D eigenvalue weighted by atomic mass is 32.2. The first-order valence-corrected chi connectivity index (χ1v) is 7.87. The summed E-state index contributed by atoms with van der Waals surface area (Å²) in [6.07, 6.45) is 0. The second-order valence-corrected chi connectivity index (χ2v) is 6.03.